The molecule has 3 aromatic rings. The average Bonchev–Trinajstić information content (AvgIpc) is 3.12. The Balaban J connectivity index is 2.02. The number of para-hydroxylation sites is 1. The Labute approximate surface area is 117 Å². The zero-order chi connectivity index (χ0) is 14.1. The normalized spacial score (nSPS) is 11.9. The highest BCUT2D eigenvalue weighted by Gasteiger charge is 2.18. The number of carbonyl (C=O) groups is 1. The van der Waals surface area contributed by atoms with Gasteiger partial charge in [-0.1, -0.05) is 23.4 Å². The van der Waals surface area contributed by atoms with E-state index in [-0.39, 0.29) is 11.6 Å². The van der Waals surface area contributed by atoms with Gasteiger partial charge in [0.2, 0.25) is 5.78 Å². The fraction of sp³-hybridized carbons (Fsp3) is 0. The van der Waals surface area contributed by atoms with Gasteiger partial charge in [0.15, 0.2) is 10.8 Å². The number of amidine groups is 1. The molecule has 2 heterocycles. The Morgan fingerprint density at radius 1 is 1.40 bits per heavy atom. The van der Waals surface area contributed by atoms with Crippen molar-refractivity contribution in [1.82, 2.24) is 9.97 Å². The van der Waals surface area contributed by atoms with E-state index in [1.54, 1.807) is 11.6 Å². The molecule has 0 unspecified atom stereocenters. The van der Waals surface area contributed by atoms with Crippen molar-refractivity contribution in [1.29, 1.82) is 0 Å². The van der Waals surface area contributed by atoms with E-state index in [1.807, 2.05) is 24.3 Å². The third kappa shape index (κ3) is 1.94. The van der Waals surface area contributed by atoms with Crippen LogP contribution in [-0.2, 0) is 0 Å². The highest BCUT2D eigenvalue weighted by molar-refractivity contribution is 7.12. The van der Waals surface area contributed by atoms with E-state index in [9.17, 15) is 4.79 Å². The lowest BCUT2D eigenvalue weighted by atomic mass is 10.1. The molecule has 0 amide bonds. The number of thiazole rings is 1. The van der Waals surface area contributed by atoms with Crippen LogP contribution in [0.4, 0.5) is 0 Å². The lowest BCUT2D eigenvalue weighted by Crippen LogP contribution is -2.14. The Morgan fingerprint density at radius 3 is 3.00 bits per heavy atom. The van der Waals surface area contributed by atoms with Crippen molar-refractivity contribution in [2.45, 2.75) is 0 Å². The zero-order valence-electron chi connectivity index (χ0n) is 10.2. The second-order valence-corrected chi connectivity index (χ2v) is 4.96. The van der Waals surface area contributed by atoms with Crippen molar-refractivity contribution >= 4 is 33.9 Å². The van der Waals surface area contributed by atoms with Crippen molar-refractivity contribution in [3.8, 4) is 0 Å². The summed E-state index contributed by atoms with van der Waals surface area (Å²) in [4.78, 5) is 19.6. The van der Waals surface area contributed by atoms with Gasteiger partial charge in [-0.3, -0.25) is 4.79 Å². The molecule has 3 rings (SSSR count). The van der Waals surface area contributed by atoms with Crippen molar-refractivity contribution < 1.29 is 10.0 Å². The van der Waals surface area contributed by atoms with Gasteiger partial charge >= 0.3 is 0 Å². The summed E-state index contributed by atoms with van der Waals surface area (Å²) < 4.78 is 0. The second kappa shape index (κ2) is 4.78. The number of hydrogen-bond donors (Lipinski definition) is 3. The van der Waals surface area contributed by atoms with Crippen LogP contribution < -0.4 is 5.73 Å². The minimum Gasteiger partial charge on any atom is -0.409 e. The van der Waals surface area contributed by atoms with E-state index >= 15 is 0 Å². The molecule has 0 aliphatic carbocycles. The first-order chi connectivity index (χ1) is 9.70. The van der Waals surface area contributed by atoms with Gasteiger partial charge in [-0.05, 0) is 6.07 Å². The molecule has 0 radical (unpaired) electrons. The third-order valence-corrected chi connectivity index (χ3v) is 3.74. The van der Waals surface area contributed by atoms with Gasteiger partial charge in [-0.15, -0.1) is 11.3 Å². The van der Waals surface area contributed by atoms with Gasteiger partial charge in [-0.2, -0.15) is 0 Å². The minimum atomic E-state index is -0.190. The molecule has 100 valence electrons. The summed E-state index contributed by atoms with van der Waals surface area (Å²) in [5, 5.41) is 14.2. The molecule has 6 nitrogen and oxygen atoms in total. The van der Waals surface area contributed by atoms with Crippen LogP contribution in [0.3, 0.4) is 0 Å². The van der Waals surface area contributed by atoms with Gasteiger partial charge in [0.25, 0.3) is 0 Å². The summed E-state index contributed by atoms with van der Waals surface area (Å²) in [6.45, 7) is 0. The molecule has 0 fully saturated rings. The molecule has 1 aromatic carbocycles. The molecule has 20 heavy (non-hydrogen) atoms. The number of ketones is 1. The van der Waals surface area contributed by atoms with E-state index < -0.39 is 0 Å². The van der Waals surface area contributed by atoms with Crippen LogP contribution in [-0.4, -0.2) is 26.8 Å². The molecule has 0 aliphatic heterocycles. The number of H-pyrrole nitrogens is 1. The Hall–Kier alpha value is -2.67. The maximum Gasteiger partial charge on any atom is 0.223 e. The van der Waals surface area contributed by atoms with Crippen molar-refractivity contribution in [3.63, 3.8) is 0 Å². The van der Waals surface area contributed by atoms with Gasteiger partial charge < -0.3 is 15.9 Å². The molecule has 4 N–H and O–H groups in total. The maximum atomic E-state index is 12.4. The maximum absolute atomic E-state index is 12.4. The van der Waals surface area contributed by atoms with Crippen LogP contribution in [0.5, 0.6) is 0 Å². The predicted octanol–water partition coefficient (Wildman–Crippen LogP) is 1.95. The SMILES string of the molecule is N/C(=N\O)c1csc(C(=O)c2c[nH]c3ccccc23)n1. The monoisotopic (exact) mass is 286 g/mol. The first-order valence-electron chi connectivity index (χ1n) is 5.75. The molecule has 2 aromatic heterocycles. The first-order valence-corrected chi connectivity index (χ1v) is 6.63. The summed E-state index contributed by atoms with van der Waals surface area (Å²) >= 11 is 1.16. The summed E-state index contributed by atoms with van der Waals surface area (Å²) in [5.41, 5.74) is 7.19. The summed E-state index contributed by atoms with van der Waals surface area (Å²) in [6, 6.07) is 7.54. The quantitative estimate of drug-likeness (QED) is 0.225. The lowest BCUT2D eigenvalue weighted by molar-refractivity contribution is 0.104. The molecule has 0 aliphatic rings. The summed E-state index contributed by atoms with van der Waals surface area (Å²) in [6.07, 6.45) is 1.66. The highest BCUT2D eigenvalue weighted by Crippen LogP contribution is 2.22. The van der Waals surface area contributed by atoms with E-state index in [0.29, 0.717) is 16.3 Å². The fourth-order valence-electron chi connectivity index (χ4n) is 1.92. The number of benzene rings is 1. The first kappa shape index (κ1) is 12.4. The predicted molar refractivity (Wildman–Crippen MR) is 76.4 cm³/mol. The molecule has 0 saturated heterocycles. The molecule has 0 saturated carbocycles. The van der Waals surface area contributed by atoms with E-state index in [2.05, 4.69) is 15.1 Å². The lowest BCUT2D eigenvalue weighted by Gasteiger charge is -1.95. The number of aromatic amines is 1. The zero-order valence-corrected chi connectivity index (χ0v) is 11.0. The molecule has 0 atom stereocenters. The third-order valence-electron chi connectivity index (χ3n) is 2.90. The molecule has 0 bridgehead atoms. The summed E-state index contributed by atoms with van der Waals surface area (Å²) in [7, 11) is 0. The second-order valence-electron chi connectivity index (χ2n) is 4.10. The number of nitrogens with two attached hydrogens (primary N) is 1. The van der Waals surface area contributed by atoms with Crippen molar-refractivity contribution in [3.05, 3.63) is 52.1 Å². The van der Waals surface area contributed by atoms with Crippen molar-refractivity contribution in [2.75, 3.05) is 0 Å². The Bertz CT molecular complexity index is 819. The number of aromatic nitrogens is 2. The number of carbonyl (C=O) groups excluding carboxylic acids is 1. The van der Waals surface area contributed by atoms with Crippen LogP contribution >= 0.6 is 11.3 Å². The summed E-state index contributed by atoms with van der Waals surface area (Å²) in [5.74, 6) is -0.302. The van der Waals surface area contributed by atoms with Crippen LogP contribution in [0, 0.1) is 0 Å². The smallest absolute Gasteiger partial charge is 0.223 e. The van der Waals surface area contributed by atoms with Gasteiger partial charge in [0.1, 0.15) is 5.69 Å². The Kier molecular flexibility index (Phi) is 2.96. The topological polar surface area (TPSA) is 104 Å². The van der Waals surface area contributed by atoms with Crippen LogP contribution in [0.2, 0.25) is 0 Å². The van der Waals surface area contributed by atoms with E-state index in [0.717, 1.165) is 22.2 Å². The minimum absolute atomic E-state index is 0.112. The number of rotatable bonds is 3. The van der Waals surface area contributed by atoms with Crippen molar-refractivity contribution in [2.24, 2.45) is 10.9 Å². The largest absolute Gasteiger partial charge is 0.409 e. The number of fused-ring (bicyclic) bond motifs is 1. The van der Waals surface area contributed by atoms with Crippen LogP contribution in [0.15, 0.2) is 41.0 Å². The molecule has 7 heteroatoms. The standard InChI is InChI=1S/C13H10N4O2S/c14-12(17-19)10-6-20-13(16-10)11(18)8-5-15-9-4-2-1-3-7(8)9/h1-6,15,19H,(H2,14,17). The number of hydrogen-bond acceptors (Lipinski definition) is 5. The fourth-order valence-corrected chi connectivity index (χ4v) is 2.69. The van der Waals surface area contributed by atoms with Gasteiger partial charge in [0, 0.05) is 22.5 Å². The van der Waals surface area contributed by atoms with Crippen LogP contribution in [0.1, 0.15) is 21.1 Å². The van der Waals surface area contributed by atoms with Gasteiger partial charge in [0.05, 0.1) is 5.56 Å². The number of nitrogens with zero attached hydrogens (tertiary/aromatic N) is 2. The van der Waals surface area contributed by atoms with Crippen LogP contribution in [0.25, 0.3) is 10.9 Å². The highest BCUT2D eigenvalue weighted by atomic mass is 32.1. The van der Waals surface area contributed by atoms with E-state index in [4.69, 9.17) is 10.9 Å². The van der Waals surface area contributed by atoms with E-state index in [1.165, 1.54) is 0 Å². The molecular weight excluding hydrogens is 276 g/mol. The number of oxime groups is 1. The van der Waals surface area contributed by atoms with Gasteiger partial charge in [-0.25, -0.2) is 4.98 Å². The Morgan fingerprint density at radius 2 is 2.20 bits per heavy atom. The molecular formula is C13H10N4O2S. The molecule has 0 spiro atoms. The average molecular weight is 286 g/mol. The number of nitrogens with one attached hydrogen (secondary N) is 1.